The van der Waals surface area contributed by atoms with Crippen LogP contribution in [0.2, 0.25) is 0 Å². The van der Waals surface area contributed by atoms with Crippen molar-refractivity contribution >= 4 is 23.2 Å². The highest BCUT2D eigenvalue weighted by molar-refractivity contribution is 5.93. The number of rotatable bonds is 5. The van der Waals surface area contributed by atoms with E-state index >= 15 is 0 Å². The number of carbonyl (C=O) groups is 1. The van der Waals surface area contributed by atoms with Crippen molar-refractivity contribution in [2.75, 3.05) is 29.9 Å². The molecule has 0 bridgehead atoms. The quantitative estimate of drug-likeness (QED) is 0.668. The number of allylic oxidation sites excluding steroid dienone is 3. The maximum atomic E-state index is 14.8. The number of piperidine rings is 1. The summed E-state index contributed by atoms with van der Waals surface area (Å²) in [5.74, 6) is -0.152. The molecule has 3 aliphatic rings. The first-order valence-corrected chi connectivity index (χ1v) is 11.0. The van der Waals surface area contributed by atoms with E-state index in [9.17, 15) is 18.0 Å². The maximum Gasteiger partial charge on any atom is 0.322 e. The molecule has 2 aliphatic heterocycles. The van der Waals surface area contributed by atoms with Crippen LogP contribution < -0.4 is 10.2 Å². The minimum Gasteiger partial charge on any atom is -0.346 e. The van der Waals surface area contributed by atoms with Crippen LogP contribution in [-0.2, 0) is 0 Å². The number of carbonyl (C=O) groups excluding carboxylic acids is 1. The molecule has 1 saturated carbocycles. The molecule has 5 rings (SSSR count). The van der Waals surface area contributed by atoms with Gasteiger partial charge in [-0.25, -0.2) is 27.5 Å². The van der Waals surface area contributed by atoms with Gasteiger partial charge in [-0.15, -0.1) is 0 Å². The molecule has 1 aliphatic carbocycles. The van der Waals surface area contributed by atoms with Crippen molar-refractivity contribution in [1.29, 1.82) is 0 Å². The molecular formula is C23H25F3N6O. The molecule has 0 spiro atoms. The van der Waals surface area contributed by atoms with Crippen LogP contribution in [0.3, 0.4) is 0 Å². The summed E-state index contributed by atoms with van der Waals surface area (Å²) < 4.78 is 42.8. The average molecular weight is 458 g/mol. The zero-order chi connectivity index (χ0) is 23.3. The van der Waals surface area contributed by atoms with E-state index in [1.54, 1.807) is 12.3 Å². The van der Waals surface area contributed by atoms with Gasteiger partial charge in [-0.3, -0.25) is 0 Å². The predicted molar refractivity (Wildman–Crippen MR) is 119 cm³/mol. The standard InChI is InChI=1S/C23H25F3N6O/c1-14(24)3-4-18(26)15(2)23-11-16(23)5-9-31(23)20-7-10-32-21(29-20)19(12-27-32)28-22(33)30-8-6-17(25)13-30/h3-4,7,10,12,16-17H,2,5-6,8-9,11,13H2,1H3,(H,28,33)/b14-3+,18-4+/t16-,17+,23-/m0/s1. The van der Waals surface area contributed by atoms with Crippen molar-refractivity contribution in [2.24, 2.45) is 5.92 Å². The Morgan fingerprint density at radius 2 is 2.12 bits per heavy atom. The average Bonchev–Trinajstić information content (AvgIpc) is 3.11. The van der Waals surface area contributed by atoms with E-state index < -0.39 is 29.4 Å². The summed E-state index contributed by atoms with van der Waals surface area (Å²) in [4.78, 5) is 20.7. The number of halogens is 3. The maximum absolute atomic E-state index is 14.8. The van der Waals surface area contributed by atoms with Crippen molar-refractivity contribution in [3.63, 3.8) is 0 Å². The number of alkyl halides is 1. The van der Waals surface area contributed by atoms with E-state index in [0.29, 0.717) is 42.2 Å². The summed E-state index contributed by atoms with van der Waals surface area (Å²) in [7, 11) is 0. The van der Waals surface area contributed by atoms with Gasteiger partial charge in [-0.05, 0) is 50.3 Å². The Morgan fingerprint density at radius 3 is 2.82 bits per heavy atom. The Labute approximate surface area is 189 Å². The lowest BCUT2D eigenvalue weighted by atomic mass is 10.0. The summed E-state index contributed by atoms with van der Waals surface area (Å²) in [5.41, 5.74) is 0.590. The van der Waals surface area contributed by atoms with Gasteiger partial charge in [-0.1, -0.05) is 6.58 Å². The smallest absolute Gasteiger partial charge is 0.322 e. The van der Waals surface area contributed by atoms with Crippen molar-refractivity contribution in [3.8, 4) is 0 Å². The van der Waals surface area contributed by atoms with Crippen LogP contribution in [-0.4, -0.2) is 56.9 Å². The molecule has 3 atom stereocenters. The van der Waals surface area contributed by atoms with Crippen molar-refractivity contribution in [3.05, 3.63) is 54.4 Å². The second-order valence-electron chi connectivity index (χ2n) is 8.89. The molecule has 2 aromatic heterocycles. The Kier molecular flexibility index (Phi) is 5.18. The summed E-state index contributed by atoms with van der Waals surface area (Å²) in [5, 5.41) is 7.00. The number of hydrogen-bond donors (Lipinski definition) is 1. The van der Waals surface area contributed by atoms with Crippen LogP contribution in [0.4, 0.5) is 29.5 Å². The zero-order valence-electron chi connectivity index (χ0n) is 18.3. The molecule has 174 valence electrons. The van der Waals surface area contributed by atoms with Crippen LogP contribution in [0.1, 0.15) is 26.2 Å². The third-order valence-electron chi connectivity index (χ3n) is 6.82. The molecule has 0 radical (unpaired) electrons. The molecule has 4 heterocycles. The largest absolute Gasteiger partial charge is 0.346 e. The minimum atomic E-state index is -1.01. The van der Waals surface area contributed by atoms with Gasteiger partial charge in [0.1, 0.15) is 23.5 Å². The highest BCUT2D eigenvalue weighted by atomic mass is 19.1. The molecule has 3 fully saturated rings. The van der Waals surface area contributed by atoms with Crippen LogP contribution in [0.25, 0.3) is 5.65 Å². The number of fused-ring (bicyclic) bond motifs is 2. The SMILES string of the molecule is C=C(/C(F)=C\C=C(/C)F)[C@@]12C[C@@H]1CCN2c1ccn2ncc(NC(=O)N3CC[C@@H](F)C3)c2n1. The monoisotopic (exact) mass is 458 g/mol. The highest BCUT2D eigenvalue weighted by Crippen LogP contribution is 2.61. The Bertz CT molecular complexity index is 1190. The molecule has 0 aromatic carbocycles. The fourth-order valence-electron chi connectivity index (χ4n) is 5.01. The normalized spacial score (nSPS) is 27.3. The molecular weight excluding hydrogens is 433 g/mol. The third kappa shape index (κ3) is 3.67. The van der Waals surface area contributed by atoms with Gasteiger partial charge in [0.25, 0.3) is 0 Å². The van der Waals surface area contributed by atoms with Crippen molar-refractivity contribution < 1.29 is 18.0 Å². The van der Waals surface area contributed by atoms with Gasteiger partial charge in [0.2, 0.25) is 0 Å². The van der Waals surface area contributed by atoms with E-state index in [-0.39, 0.29) is 12.5 Å². The fraction of sp³-hybridized carbons (Fsp3) is 0.435. The summed E-state index contributed by atoms with van der Waals surface area (Å²) in [6.45, 7) is 6.36. The first-order valence-electron chi connectivity index (χ1n) is 11.0. The van der Waals surface area contributed by atoms with Gasteiger partial charge < -0.3 is 15.1 Å². The van der Waals surface area contributed by atoms with E-state index in [4.69, 9.17) is 4.98 Å². The zero-order valence-corrected chi connectivity index (χ0v) is 18.3. The lowest BCUT2D eigenvalue weighted by molar-refractivity contribution is 0.218. The fourth-order valence-corrected chi connectivity index (χ4v) is 5.01. The summed E-state index contributed by atoms with van der Waals surface area (Å²) in [6.07, 6.45) is 6.38. The topological polar surface area (TPSA) is 65.8 Å². The Hall–Kier alpha value is -3.30. The van der Waals surface area contributed by atoms with Gasteiger partial charge in [0.05, 0.1) is 24.1 Å². The molecule has 10 heteroatoms. The van der Waals surface area contributed by atoms with Crippen LogP contribution in [0, 0.1) is 5.92 Å². The second-order valence-corrected chi connectivity index (χ2v) is 8.89. The van der Waals surface area contributed by atoms with Crippen molar-refractivity contribution in [2.45, 2.75) is 37.9 Å². The lowest BCUT2D eigenvalue weighted by Crippen LogP contribution is -2.37. The first-order chi connectivity index (χ1) is 15.8. The lowest BCUT2D eigenvalue weighted by Gasteiger charge is -2.30. The number of nitrogens with one attached hydrogen (secondary N) is 1. The van der Waals surface area contributed by atoms with Gasteiger partial charge in [-0.2, -0.15) is 5.10 Å². The van der Waals surface area contributed by atoms with Gasteiger partial charge in [0, 0.05) is 24.9 Å². The second kappa shape index (κ2) is 7.93. The number of aromatic nitrogens is 3. The Morgan fingerprint density at radius 1 is 1.30 bits per heavy atom. The van der Waals surface area contributed by atoms with Crippen molar-refractivity contribution in [1.82, 2.24) is 19.5 Å². The number of nitrogens with zero attached hydrogens (tertiary/aromatic N) is 5. The first kappa shape index (κ1) is 21.5. The number of likely N-dealkylation sites (tertiary alicyclic amines) is 1. The Balaban J connectivity index is 1.41. The van der Waals surface area contributed by atoms with Gasteiger partial charge in [0.15, 0.2) is 5.65 Å². The minimum absolute atomic E-state index is 0.0692. The summed E-state index contributed by atoms with van der Waals surface area (Å²) >= 11 is 0. The third-order valence-corrected chi connectivity index (χ3v) is 6.82. The molecule has 2 aromatic rings. The molecule has 2 amide bonds. The number of hydrogen-bond acceptors (Lipinski definition) is 4. The predicted octanol–water partition coefficient (Wildman–Crippen LogP) is 4.56. The number of anilines is 2. The molecule has 0 unspecified atom stereocenters. The summed E-state index contributed by atoms with van der Waals surface area (Å²) in [6, 6.07) is 1.40. The van der Waals surface area contributed by atoms with E-state index in [1.165, 1.54) is 22.5 Å². The number of urea groups is 1. The molecule has 2 saturated heterocycles. The highest BCUT2D eigenvalue weighted by Gasteiger charge is 2.64. The van der Waals surface area contributed by atoms with E-state index in [1.807, 2.05) is 4.90 Å². The molecule has 1 N–H and O–H groups in total. The van der Waals surface area contributed by atoms with Crippen LogP contribution in [0.5, 0.6) is 0 Å². The molecule has 33 heavy (non-hydrogen) atoms. The van der Waals surface area contributed by atoms with E-state index in [2.05, 4.69) is 17.0 Å². The van der Waals surface area contributed by atoms with Crippen LogP contribution >= 0.6 is 0 Å². The van der Waals surface area contributed by atoms with E-state index in [0.717, 1.165) is 25.0 Å². The molecule has 7 nitrogen and oxygen atoms in total. The number of amides is 2. The van der Waals surface area contributed by atoms with Gasteiger partial charge >= 0.3 is 6.03 Å². The van der Waals surface area contributed by atoms with Crippen LogP contribution in [0.15, 0.2) is 54.4 Å².